The van der Waals surface area contributed by atoms with Gasteiger partial charge in [0.25, 0.3) is 15.9 Å². The Bertz CT molecular complexity index is 1590. The SMILES string of the molecule is CCOC(=O)N1CCN(S(=O)(=O)c2ccc(C(=O)Nc3ccc(S(=O)(=O)Nc4nccc(C)n4)cc3)cc2)CC1. The molecule has 40 heavy (non-hydrogen) atoms. The Morgan fingerprint density at radius 3 is 2.12 bits per heavy atom. The summed E-state index contributed by atoms with van der Waals surface area (Å²) in [6.07, 6.45) is 0.967. The number of aryl methyl sites for hydroxylation is 1. The number of hydrogen-bond donors (Lipinski definition) is 2. The van der Waals surface area contributed by atoms with Gasteiger partial charge in [0.05, 0.1) is 16.4 Å². The van der Waals surface area contributed by atoms with Crippen LogP contribution in [0.2, 0.25) is 0 Å². The summed E-state index contributed by atoms with van der Waals surface area (Å²) < 4.78 is 59.8. The summed E-state index contributed by atoms with van der Waals surface area (Å²) >= 11 is 0. The van der Waals surface area contributed by atoms with Gasteiger partial charge in [0.15, 0.2) is 0 Å². The van der Waals surface area contributed by atoms with E-state index in [1.165, 1.54) is 63.9 Å². The zero-order chi connectivity index (χ0) is 28.9. The Morgan fingerprint density at radius 2 is 1.52 bits per heavy atom. The molecule has 0 saturated carbocycles. The Morgan fingerprint density at radius 1 is 0.900 bits per heavy atom. The number of anilines is 2. The summed E-state index contributed by atoms with van der Waals surface area (Å²) in [4.78, 5) is 33.9. The second-order valence-electron chi connectivity index (χ2n) is 8.72. The molecule has 2 N–H and O–H groups in total. The van der Waals surface area contributed by atoms with Crippen molar-refractivity contribution in [1.29, 1.82) is 0 Å². The minimum Gasteiger partial charge on any atom is -0.450 e. The average molecular weight is 589 g/mol. The number of nitrogens with zero attached hydrogens (tertiary/aromatic N) is 4. The fraction of sp³-hybridized carbons (Fsp3) is 0.280. The second-order valence-corrected chi connectivity index (χ2v) is 12.3. The van der Waals surface area contributed by atoms with Gasteiger partial charge in [-0.2, -0.15) is 4.31 Å². The highest BCUT2D eigenvalue weighted by Crippen LogP contribution is 2.20. The molecule has 0 atom stereocenters. The van der Waals surface area contributed by atoms with Crippen LogP contribution in [0, 0.1) is 6.92 Å². The van der Waals surface area contributed by atoms with E-state index < -0.39 is 32.0 Å². The molecular formula is C25H28N6O7S2. The highest BCUT2D eigenvalue weighted by atomic mass is 32.2. The molecular weight excluding hydrogens is 560 g/mol. The maximum Gasteiger partial charge on any atom is 0.409 e. The topological polar surface area (TPSA) is 168 Å². The molecule has 1 aliphatic rings. The van der Waals surface area contributed by atoms with Crippen LogP contribution in [0.5, 0.6) is 0 Å². The fourth-order valence-electron chi connectivity index (χ4n) is 3.85. The normalized spacial score (nSPS) is 14.4. The summed E-state index contributed by atoms with van der Waals surface area (Å²) in [5.41, 5.74) is 1.15. The molecule has 1 aromatic heterocycles. The number of sulfonamides is 2. The van der Waals surface area contributed by atoms with Gasteiger partial charge in [-0.1, -0.05) is 0 Å². The van der Waals surface area contributed by atoms with Crippen LogP contribution in [0.15, 0.2) is 70.6 Å². The molecule has 0 bridgehead atoms. The summed E-state index contributed by atoms with van der Waals surface area (Å²) in [7, 11) is -7.76. The highest BCUT2D eigenvalue weighted by Gasteiger charge is 2.30. The number of carbonyl (C=O) groups is 2. The van der Waals surface area contributed by atoms with Gasteiger partial charge in [-0.05, 0) is 68.4 Å². The first-order valence-electron chi connectivity index (χ1n) is 12.3. The third kappa shape index (κ3) is 6.73. The molecule has 2 amide bonds. The molecule has 212 valence electrons. The van der Waals surface area contributed by atoms with Crippen LogP contribution in [0.4, 0.5) is 16.4 Å². The number of benzene rings is 2. The van der Waals surface area contributed by atoms with E-state index in [2.05, 4.69) is 20.0 Å². The number of nitrogens with one attached hydrogen (secondary N) is 2. The first-order chi connectivity index (χ1) is 19.0. The van der Waals surface area contributed by atoms with Crippen molar-refractivity contribution in [1.82, 2.24) is 19.2 Å². The highest BCUT2D eigenvalue weighted by molar-refractivity contribution is 7.92. The summed E-state index contributed by atoms with van der Waals surface area (Å²) in [6, 6.07) is 12.6. The molecule has 4 rings (SSSR count). The molecule has 1 saturated heterocycles. The van der Waals surface area contributed by atoms with Crippen molar-refractivity contribution in [3.8, 4) is 0 Å². The fourth-order valence-corrected chi connectivity index (χ4v) is 6.22. The monoisotopic (exact) mass is 588 g/mol. The smallest absolute Gasteiger partial charge is 0.409 e. The van der Waals surface area contributed by atoms with Crippen molar-refractivity contribution < 1.29 is 31.2 Å². The zero-order valence-electron chi connectivity index (χ0n) is 21.8. The number of piperazine rings is 1. The molecule has 0 radical (unpaired) electrons. The predicted octanol–water partition coefficient (Wildman–Crippen LogP) is 2.30. The quantitative estimate of drug-likeness (QED) is 0.401. The van der Waals surface area contributed by atoms with Crippen LogP contribution < -0.4 is 10.0 Å². The summed E-state index contributed by atoms with van der Waals surface area (Å²) in [5, 5.41) is 2.65. The summed E-state index contributed by atoms with van der Waals surface area (Å²) in [5.74, 6) is -0.560. The minimum atomic E-state index is -3.94. The minimum absolute atomic E-state index is 0.0216. The lowest BCUT2D eigenvalue weighted by Crippen LogP contribution is -2.50. The standard InChI is InChI=1S/C25H28N6O7S2/c1-3-38-25(33)30-14-16-31(17-15-30)40(36,37)22-8-4-19(5-9-22)23(32)28-20-6-10-21(11-7-20)39(34,35)29-24-26-13-12-18(2)27-24/h4-13H,3,14-17H2,1-2H3,(H,28,32)(H,26,27,29). The van der Waals surface area contributed by atoms with E-state index in [-0.39, 0.29) is 54.1 Å². The van der Waals surface area contributed by atoms with E-state index in [0.29, 0.717) is 11.4 Å². The lowest BCUT2D eigenvalue weighted by Gasteiger charge is -2.33. The molecule has 2 aromatic carbocycles. The van der Waals surface area contributed by atoms with Gasteiger partial charge in [-0.3, -0.25) is 4.79 Å². The molecule has 2 heterocycles. The van der Waals surface area contributed by atoms with Gasteiger partial charge in [0, 0.05) is 49.3 Å². The number of amides is 2. The average Bonchev–Trinajstić information content (AvgIpc) is 2.93. The van der Waals surface area contributed by atoms with Gasteiger partial charge >= 0.3 is 6.09 Å². The largest absolute Gasteiger partial charge is 0.450 e. The lowest BCUT2D eigenvalue weighted by molar-refractivity contribution is 0.0933. The molecule has 1 fully saturated rings. The van der Waals surface area contributed by atoms with E-state index in [1.807, 2.05) is 0 Å². The Labute approximate surface area is 232 Å². The first kappa shape index (κ1) is 28.9. The van der Waals surface area contributed by atoms with E-state index >= 15 is 0 Å². The number of carbonyl (C=O) groups excluding carboxylic acids is 2. The molecule has 0 spiro atoms. The van der Waals surface area contributed by atoms with E-state index in [1.54, 1.807) is 19.9 Å². The van der Waals surface area contributed by atoms with Crippen LogP contribution in [-0.2, 0) is 24.8 Å². The van der Waals surface area contributed by atoms with Gasteiger partial charge in [-0.15, -0.1) is 0 Å². The first-order valence-corrected chi connectivity index (χ1v) is 15.2. The van der Waals surface area contributed by atoms with Crippen molar-refractivity contribution in [2.75, 3.05) is 42.8 Å². The van der Waals surface area contributed by atoms with Crippen LogP contribution in [0.25, 0.3) is 0 Å². The third-order valence-electron chi connectivity index (χ3n) is 5.96. The molecule has 0 aliphatic carbocycles. The number of aromatic nitrogens is 2. The van der Waals surface area contributed by atoms with Crippen LogP contribution in [-0.4, -0.2) is 80.8 Å². The van der Waals surface area contributed by atoms with Crippen molar-refractivity contribution >= 4 is 43.7 Å². The molecule has 0 unspecified atom stereocenters. The number of rotatable bonds is 8. The van der Waals surface area contributed by atoms with Gasteiger partial charge in [-0.25, -0.2) is 36.3 Å². The van der Waals surface area contributed by atoms with Crippen molar-refractivity contribution in [3.05, 3.63) is 72.1 Å². The summed E-state index contributed by atoms with van der Waals surface area (Å²) in [6.45, 7) is 4.34. The van der Waals surface area contributed by atoms with Crippen LogP contribution >= 0.6 is 0 Å². The Hall–Kier alpha value is -4.08. The molecule has 3 aromatic rings. The van der Waals surface area contributed by atoms with Gasteiger partial charge in [0.2, 0.25) is 16.0 Å². The Kier molecular flexibility index (Phi) is 8.66. The van der Waals surface area contributed by atoms with Crippen molar-refractivity contribution in [2.24, 2.45) is 0 Å². The Balaban J connectivity index is 1.37. The molecule has 13 nitrogen and oxygen atoms in total. The van der Waals surface area contributed by atoms with E-state index in [0.717, 1.165) is 0 Å². The molecule has 1 aliphatic heterocycles. The maximum atomic E-state index is 13.0. The van der Waals surface area contributed by atoms with Crippen molar-refractivity contribution in [2.45, 2.75) is 23.6 Å². The van der Waals surface area contributed by atoms with Crippen molar-refractivity contribution in [3.63, 3.8) is 0 Å². The zero-order valence-corrected chi connectivity index (χ0v) is 23.4. The predicted molar refractivity (Wildman–Crippen MR) is 146 cm³/mol. The third-order valence-corrected chi connectivity index (χ3v) is 9.22. The maximum absolute atomic E-state index is 13.0. The molecule has 15 heteroatoms. The second kappa shape index (κ2) is 12.0. The van der Waals surface area contributed by atoms with Crippen LogP contribution in [0.3, 0.4) is 0 Å². The van der Waals surface area contributed by atoms with E-state index in [4.69, 9.17) is 4.74 Å². The lowest BCUT2D eigenvalue weighted by atomic mass is 10.2. The number of ether oxygens (including phenoxy) is 1. The van der Waals surface area contributed by atoms with Gasteiger partial charge < -0.3 is 15.0 Å². The van der Waals surface area contributed by atoms with Gasteiger partial charge in [0.1, 0.15) is 0 Å². The number of hydrogen-bond acceptors (Lipinski definition) is 9. The van der Waals surface area contributed by atoms with Crippen LogP contribution in [0.1, 0.15) is 23.0 Å². The van der Waals surface area contributed by atoms with E-state index in [9.17, 15) is 26.4 Å².